The number of rotatable bonds is 7. The van der Waals surface area contributed by atoms with Crippen LogP contribution < -0.4 is 0 Å². The largest absolute Gasteiger partial charge is 0.465 e. The van der Waals surface area contributed by atoms with Crippen LogP contribution in [-0.2, 0) is 16.1 Å². The predicted molar refractivity (Wildman–Crippen MR) is 68.6 cm³/mol. The fourth-order valence-electron chi connectivity index (χ4n) is 1.60. The van der Waals surface area contributed by atoms with Gasteiger partial charge in [-0.2, -0.15) is 0 Å². The first kappa shape index (κ1) is 14.6. The van der Waals surface area contributed by atoms with Crippen molar-refractivity contribution in [1.29, 1.82) is 0 Å². The summed E-state index contributed by atoms with van der Waals surface area (Å²) in [5, 5.41) is 0. The number of hydrogen-bond acceptors (Lipinski definition) is 3. The van der Waals surface area contributed by atoms with Gasteiger partial charge in [-0.3, -0.25) is 9.69 Å². The molecule has 1 rings (SSSR count). The molecular formula is C14H20FNO2. The van der Waals surface area contributed by atoms with Crippen LogP contribution in [0.5, 0.6) is 0 Å². The molecular weight excluding hydrogens is 233 g/mol. The van der Waals surface area contributed by atoms with E-state index >= 15 is 0 Å². The minimum atomic E-state index is -0.258. The van der Waals surface area contributed by atoms with E-state index in [9.17, 15) is 9.18 Å². The Labute approximate surface area is 108 Å². The maximum atomic E-state index is 13.0. The first-order chi connectivity index (χ1) is 8.61. The summed E-state index contributed by atoms with van der Waals surface area (Å²) in [7, 11) is 1.81. The van der Waals surface area contributed by atoms with Crippen molar-refractivity contribution in [3.8, 4) is 0 Å². The molecule has 0 aromatic heterocycles. The third-order valence-electron chi connectivity index (χ3n) is 2.50. The molecule has 0 aliphatic carbocycles. The Kier molecular flexibility index (Phi) is 6.36. The molecule has 0 aliphatic rings. The summed E-state index contributed by atoms with van der Waals surface area (Å²) >= 11 is 0. The molecule has 0 fully saturated rings. The van der Waals surface area contributed by atoms with Crippen LogP contribution in [0.15, 0.2) is 24.3 Å². The van der Waals surface area contributed by atoms with Gasteiger partial charge >= 0.3 is 5.97 Å². The fraction of sp³-hybridized carbons (Fsp3) is 0.500. The monoisotopic (exact) mass is 253 g/mol. The van der Waals surface area contributed by atoms with Crippen molar-refractivity contribution in [2.45, 2.75) is 26.3 Å². The lowest BCUT2D eigenvalue weighted by Crippen LogP contribution is -2.27. The summed E-state index contributed by atoms with van der Waals surface area (Å²) in [6.07, 6.45) is 1.89. The van der Waals surface area contributed by atoms with Crippen LogP contribution in [-0.4, -0.2) is 31.1 Å². The standard InChI is InChI=1S/C14H20FNO2/c1-3-4-8-18-14(17)11-16(2)10-12-6-5-7-13(15)9-12/h5-7,9H,3-4,8,10-11H2,1-2H3. The first-order valence-corrected chi connectivity index (χ1v) is 6.20. The van der Waals surface area contributed by atoms with Crippen molar-refractivity contribution < 1.29 is 13.9 Å². The molecule has 1 aromatic carbocycles. The van der Waals surface area contributed by atoms with Crippen LogP contribution >= 0.6 is 0 Å². The van der Waals surface area contributed by atoms with E-state index in [-0.39, 0.29) is 18.3 Å². The van der Waals surface area contributed by atoms with Crippen molar-refractivity contribution in [2.24, 2.45) is 0 Å². The Bertz CT molecular complexity index is 382. The number of unbranched alkanes of at least 4 members (excludes halogenated alkanes) is 1. The second-order valence-corrected chi connectivity index (χ2v) is 4.38. The maximum absolute atomic E-state index is 13.0. The van der Waals surface area contributed by atoms with Crippen LogP contribution in [0, 0.1) is 5.82 Å². The Morgan fingerprint density at radius 3 is 2.89 bits per heavy atom. The van der Waals surface area contributed by atoms with Gasteiger partial charge in [0.25, 0.3) is 0 Å². The van der Waals surface area contributed by atoms with Crippen molar-refractivity contribution in [1.82, 2.24) is 4.90 Å². The van der Waals surface area contributed by atoms with Gasteiger partial charge < -0.3 is 4.74 Å². The number of carbonyl (C=O) groups is 1. The van der Waals surface area contributed by atoms with Crippen LogP contribution in [0.4, 0.5) is 4.39 Å². The topological polar surface area (TPSA) is 29.5 Å². The zero-order valence-corrected chi connectivity index (χ0v) is 11.0. The third-order valence-corrected chi connectivity index (χ3v) is 2.50. The van der Waals surface area contributed by atoms with E-state index in [1.807, 2.05) is 24.9 Å². The molecule has 0 spiro atoms. The number of esters is 1. The predicted octanol–water partition coefficient (Wildman–Crippen LogP) is 2.60. The van der Waals surface area contributed by atoms with Crippen molar-refractivity contribution in [3.63, 3.8) is 0 Å². The number of benzene rings is 1. The molecule has 18 heavy (non-hydrogen) atoms. The minimum Gasteiger partial charge on any atom is -0.465 e. The molecule has 3 nitrogen and oxygen atoms in total. The van der Waals surface area contributed by atoms with Crippen LogP contribution in [0.25, 0.3) is 0 Å². The summed E-state index contributed by atoms with van der Waals surface area (Å²) in [5.41, 5.74) is 0.846. The van der Waals surface area contributed by atoms with Gasteiger partial charge in [0.1, 0.15) is 5.82 Å². The Balaban J connectivity index is 2.32. The van der Waals surface area contributed by atoms with Crippen molar-refractivity contribution >= 4 is 5.97 Å². The zero-order chi connectivity index (χ0) is 13.4. The van der Waals surface area contributed by atoms with E-state index in [1.165, 1.54) is 12.1 Å². The van der Waals surface area contributed by atoms with Crippen molar-refractivity contribution in [2.75, 3.05) is 20.2 Å². The highest BCUT2D eigenvalue weighted by molar-refractivity contribution is 5.71. The highest BCUT2D eigenvalue weighted by Gasteiger charge is 2.08. The molecule has 0 aliphatic heterocycles. The van der Waals surface area contributed by atoms with Gasteiger partial charge in [-0.05, 0) is 31.2 Å². The van der Waals surface area contributed by atoms with Gasteiger partial charge in [-0.25, -0.2) is 4.39 Å². The summed E-state index contributed by atoms with van der Waals surface area (Å²) in [6.45, 7) is 3.27. The summed E-state index contributed by atoms with van der Waals surface area (Å²) in [6, 6.07) is 6.38. The second-order valence-electron chi connectivity index (χ2n) is 4.38. The molecule has 1 aromatic rings. The molecule has 0 saturated heterocycles. The zero-order valence-electron chi connectivity index (χ0n) is 11.0. The SMILES string of the molecule is CCCCOC(=O)CN(C)Cc1cccc(F)c1. The average molecular weight is 253 g/mol. The van der Waals surface area contributed by atoms with E-state index in [2.05, 4.69) is 0 Å². The van der Waals surface area contributed by atoms with E-state index in [4.69, 9.17) is 4.74 Å². The molecule has 0 N–H and O–H groups in total. The van der Waals surface area contributed by atoms with Gasteiger partial charge in [0, 0.05) is 6.54 Å². The van der Waals surface area contributed by atoms with Gasteiger partial charge in [0.15, 0.2) is 0 Å². The second kappa shape index (κ2) is 7.82. The molecule has 0 unspecified atom stereocenters. The van der Waals surface area contributed by atoms with E-state index in [1.54, 1.807) is 6.07 Å². The smallest absolute Gasteiger partial charge is 0.320 e. The first-order valence-electron chi connectivity index (χ1n) is 6.20. The lowest BCUT2D eigenvalue weighted by Gasteiger charge is -2.15. The summed E-state index contributed by atoms with van der Waals surface area (Å²) < 4.78 is 18.0. The van der Waals surface area contributed by atoms with Crippen LogP contribution in [0.3, 0.4) is 0 Å². The highest BCUT2D eigenvalue weighted by Crippen LogP contribution is 2.06. The Morgan fingerprint density at radius 2 is 2.22 bits per heavy atom. The quantitative estimate of drug-likeness (QED) is 0.552. The molecule has 4 heteroatoms. The molecule has 0 atom stereocenters. The Morgan fingerprint density at radius 1 is 1.44 bits per heavy atom. The number of nitrogens with zero attached hydrogens (tertiary/aromatic N) is 1. The number of hydrogen-bond donors (Lipinski definition) is 0. The van der Waals surface area contributed by atoms with Crippen LogP contribution in [0.2, 0.25) is 0 Å². The average Bonchev–Trinajstić information content (AvgIpc) is 2.29. The van der Waals surface area contributed by atoms with Gasteiger partial charge in [-0.15, -0.1) is 0 Å². The summed E-state index contributed by atoms with van der Waals surface area (Å²) in [4.78, 5) is 13.3. The number of halogens is 1. The highest BCUT2D eigenvalue weighted by atomic mass is 19.1. The van der Waals surface area contributed by atoms with E-state index < -0.39 is 0 Å². The molecule has 0 heterocycles. The van der Waals surface area contributed by atoms with Crippen molar-refractivity contribution in [3.05, 3.63) is 35.6 Å². The molecule has 0 saturated carbocycles. The normalized spacial score (nSPS) is 10.7. The molecule has 100 valence electrons. The van der Waals surface area contributed by atoms with Crippen LogP contribution in [0.1, 0.15) is 25.3 Å². The fourth-order valence-corrected chi connectivity index (χ4v) is 1.60. The minimum absolute atomic E-state index is 0.222. The van der Waals surface area contributed by atoms with Gasteiger partial charge in [-0.1, -0.05) is 25.5 Å². The number of likely N-dealkylation sites (N-methyl/N-ethyl adjacent to an activating group) is 1. The van der Waals surface area contributed by atoms with E-state index in [0.29, 0.717) is 13.2 Å². The number of ether oxygens (including phenoxy) is 1. The van der Waals surface area contributed by atoms with Gasteiger partial charge in [0.2, 0.25) is 0 Å². The lowest BCUT2D eigenvalue weighted by atomic mass is 10.2. The maximum Gasteiger partial charge on any atom is 0.320 e. The lowest BCUT2D eigenvalue weighted by molar-refractivity contribution is -0.144. The molecule has 0 radical (unpaired) electrons. The third kappa shape index (κ3) is 5.77. The van der Waals surface area contributed by atoms with E-state index in [0.717, 1.165) is 18.4 Å². The Hall–Kier alpha value is -1.42. The van der Waals surface area contributed by atoms with Gasteiger partial charge in [0.05, 0.1) is 13.2 Å². The molecule has 0 amide bonds. The number of carbonyl (C=O) groups excluding carboxylic acids is 1. The summed E-state index contributed by atoms with van der Waals surface area (Å²) in [5.74, 6) is -0.492. The molecule has 0 bridgehead atoms.